The Balaban J connectivity index is 2.04. The molecule has 0 saturated heterocycles. The smallest absolute Gasteiger partial charge is 0.279 e. The third kappa shape index (κ3) is 2.90. The Labute approximate surface area is 101 Å². The average molecular weight is 248 g/mol. The Morgan fingerprint density at radius 2 is 2.53 bits per heavy atom. The van der Waals surface area contributed by atoms with Crippen LogP contribution in [0.15, 0.2) is 23.0 Å². The molecule has 3 N–H and O–H groups in total. The van der Waals surface area contributed by atoms with Crippen molar-refractivity contribution < 1.29 is 9.32 Å². The number of aromatic nitrogens is 2. The molecule has 1 amide bonds. The van der Waals surface area contributed by atoms with Crippen LogP contribution >= 0.6 is 11.3 Å². The molecule has 0 spiro atoms. The van der Waals surface area contributed by atoms with E-state index in [-0.39, 0.29) is 11.6 Å². The van der Waals surface area contributed by atoms with Gasteiger partial charge in [-0.2, -0.15) is 0 Å². The predicted octanol–water partition coefficient (Wildman–Crippen LogP) is 0.694. The molecule has 7 heteroatoms. The van der Waals surface area contributed by atoms with E-state index in [0.717, 1.165) is 4.88 Å². The topological polar surface area (TPSA) is 94.0 Å². The van der Waals surface area contributed by atoms with Gasteiger partial charge in [-0.1, -0.05) is 28.3 Å². The number of nitrogens with one attached hydrogen (secondary N) is 1. The van der Waals surface area contributed by atoms with Gasteiger partial charge in [0.1, 0.15) is 6.26 Å². The van der Waals surface area contributed by atoms with Crippen molar-refractivity contribution in [3.8, 4) is 11.8 Å². The number of thiazole rings is 1. The largest absolute Gasteiger partial charge is 0.364 e. The van der Waals surface area contributed by atoms with Crippen LogP contribution in [0.25, 0.3) is 0 Å². The van der Waals surface area contributed by atoms with Crippen LogP contribution in [0.2, 0.25) is 0 Å². The molecule has 0 unspecified atom stereocenters. The summed E-state index contributed by atoms with van der Waals surface area (Å²) in [5, 5.41) is 6.56. The molecule has 2 aromatic heterocycles. The summed E-state index contributed by atoms with van der Waals surface area (Å²) in [6, 6.07) is 1.47. The first kappa shape index (κ1) is 11.3. The lowest BCUT2D eigenvalue weighted by molar-refractivity contribution is 0.101. The Morgan fingerprint density at radius 1 is 1.65 bits per heavy atom. The highest BCUT2D eigenvalue weighted by atomic mass is 32.1. The molecular weight excluding hydrogens is 240 g/mol. The standard InChI is InChI=1S/C10H8N4O2S/c11-4-1-2-7-6-12-10(17-7)13-9(15)8-3-5-16-14-8/h3,5-6H,4,11H2,(H,12,13,15). The lowest BCUT2D eigenvalue weighted by atomic mass is 10.4. The van der Waals surface area contributed by atoms with Crippen LogP contribution in [0.4, 0.5) is 5.13 Å². The molecule has 2 rings (SSSR count). The summed E-state index contributed by atoms with van der Waals surface area (Å²) in [6.45, 7) is 0.290. The number of hydrogen-bond acceptors (Lipinski definition) is 6. The zero-order valence-corrected chi connectivity index (χ0v) is 9.45. The molecule has 86 valence electrons. The Kier molecular flexibility index (Phi) is 3.49. The van der Waals surface area contributed by atoms with Crippen molar-refractivity contribution in [1.82, 2.24) is 10.1 Å². The van der Waals surface area contributed by atoms with E-state index in [1.165, 1.54) is 23.7 Å². The van der Waals surface area contributed by atoms with Crippen LogP contribution in [0.5, 0.6) is 0 Å². The van der Waals surface area contributed by atoms with Gasteiger partial charge in [0, 0.05) is 6.07 Å². The van der Waals surface area contributed by atoms with Crippen molar-refractivity contribution in [3.05, 3.63) is 29.1 Å². The summed E-state index contributed by atoms with van der Waals surface area (Å²) in [5.41, 5.74) is 5.45. The normalized spacial score (nSPS) is 9.47. The molecular formula is C10H8N4O2S. The number of carbonyl (C=O) groups is 1. The fraction of sp³-hybridized carbons (Fsp3) is 0.100. The van der Waals surface area contributed by atoms with Gasteiger partial charge >= 0.3 is 0 Å². The number of nitrogens with two attached hydrogens (primary N) is 1. The summed E-state index contributed by atoms with van der Waals surface area (Å²) in [6.07, 6.45) is 2.90. The van der Waals surface area contributed by atoms with Gasteiger partial charge in [-0.25, -0.2) is 4.98 Å². The van der Waals surface area contributed by atoms with Crippen LogP contribution in [0, 0.1) is 11.8 Å². The van der Waals surface area contributed by atoms with E-state index in [4.69, 9.17) is 5.73 Å². The number of carbonyl (C=O) groups excluding carboxylic acids is 1. The van der Waals surface area contributed by atoms with Gasteiger partial charge in [0.25, 0.3) is 5.91 Å². The minimum absolute atomic E-state index is 0.204. The molecule has 0 aliphatic rings. The quantitative estimate of drug-likeness (QED) is 0.763. The fourth-order valence-electron chi connectivity index (χ4n) is 1.02. The highest BCUT2D eigenvalue weighted by Crippen LogP contribution is 2.17. The second kappa shape index (κ2) is 5.25. The molecule has 0 aliphatic heterocycles. The number of hydrogen-bond donors (Lipinski definition) is 2. The maximum absolute atomic E-state index is 11.6. The summed E-state index contributed by atoms with van der Waals surface area (Å²) in [7, 11) is 0. The third-order valence-corrected chi connectivity index (χ3v) is 2.54. The first-order valence-electron chi connectivity index (χ1n) is 4.66. The zero-order valence-electron chi connectivity index (χ0n) is 8.64. The third-order valence-electron chi connectivity index (χ3n) is 1.71. The van der Waals surface area contributed by atoms with E-state index in [9.17, 15) is 4.79 Å². The summed E-state index contributed by atoms with van der Waals surface area (Å²) in [5.74, 6) is 5.17. The predicted molar refractivity (Wildman–Crippen MR) is 62.5 cm³/mol. The minimum Gasteiger partial charge on any atom is -0.364 e. The van der Waals surface area contributed by atoms with Gasteiger partial charge in [0.2, 0.25) is 0 Å². The van der Waals surface area contributed by atoms with Crippen LogP contribution < -0.4 is 11.1 Å². The maximum Gasteiger partial charge on any atom is 0.279 e. The van der Waals surface area contributed by atoms with Gasteiger partial charge in [0.15, 0.2) is 10.8 Å². The summed E-state index contributed by atoms with van der Waals surface area (Å²) < 4.78 is 4.57. The molecule has 2 heterocycles. The number of rotatable bonds is 2. The first-order valence-corrected chi connectivity index (χ1v) is 5.48. The Hall–Kier alpha value is -2.17. The minimum atomic E-state index is -0.369. The van der Waals surface area contributed by atoms with Crippen molar-refractivity contribution in [2.75, 3.05) is 11.9 Å². The molecule has 0 bridgehead atoms. The van der Waals surface area contributed by atoms with Crippen molar-refractivity contribution in [2.45, 2.75) is 0 Å². The SMILES string of the molecule is NCC#Cc1cnc(NC(=O)c2ccon2)s1. The molecule has 17 heavy (non-hydrogen) atoms. The van der Waals surface area contributed by atoms with Crippen LogP contribution in [0.1, 0.15) is 15.4 Å². The van der Waals surface area contributed by atoms with Gasteiger partial charge < -0.3 is 10.3 Å². The van der Waals surface area contributed by atoms with Crippen LogP contribution in [0.3, 0.4) is 0 Å². The lowest BCUT2D eigenvalue weighted by Crippen LogP contribution is -2.11. The molecule has 2 aromatic rings. The summed E-state index contributed by atoms with van der Waals surface area (Å²) in [4.78, 5) is 16.3. The van der Waals surface area contributed by atoms with E-state index in [1.807, 2.05) is 0 Å². The second-order valence-electron chi connectivity index (χ2n) is 2.87. The fourth-order valence-corrected chi connectivity index (χ4v) is 1.70. The van der Waals surface area contributed by atoms with Gasteiger partial charge in [0.05, 0.1) is 17.6 Å². The highest BCUT2D eigenvalue weighted by Gasteiger charge is 2.10. The summed E-state index contributed by atoms with van der Waals surface area (Å²) >= 11 is 1.27. The van der Waals surface area contributed by atoms with Crippen LogP contribution in [-0.4, -0.2) is 22.6 Å². The van der Waals surface area contributed by atoms with Crippen molar-refractivity contribution in [3.63, 3.8) is 0 Å². The highest BCUT2D eigenvalue weighted by molar-refractivity contribution is 7.16. The zero-order chi connectivity index (χ0) is 12.1. The molecule has 0 saturated carbocycles. The average Bonchev–Trinajstić information content (AvgIpc) is 2.97. The van der Waals surface area contributed by atoms with Gasteiger partial charge in [-0.15, -0.1) is 0 Å². The van der Waals surface area contributed by atoms with E-state index in [0.29, 0.717) is 11.7 Å². The van der Waals surface area contributed by atoms with Gasteiger partial charge in [-0.3, -0.25) is 10.1 Å². The second-order valence-corrected chi connectivity index (χ2v) is 3.91. The molecule has 0 atom stereocenters. The molecule has 6 nitrogen and oxygen atoms in total. The van der Waals surface area contributed by atoms with Gasteiger partial charge in [-0.05, 0) is 0 Å². The van der Waals surface area contributed by atoms with Crippen LogP contribution in [-0.2, 0) is 0 Å². The monoisotopic (exact) mass is 248 g/mol. The Bertz CT molecular complexity index is 565. The van der Waals surface area contributed by atoms with Crippen molar-refractivity contribution >= 4 is 22.4 Å². The maximum atomic E-state index is 11.6. The van der Waals surface area contributed by atoms with E-state index < -0.39 is 0 Å². The number of amides is 1. The molecule has 0 aromatic carbocycles. The van der Waals surface area contributed by atoms with E-state index >= 15 is 0 Å². The van der Waals surface area contributed by atoms with E-state index in [2.05, 4.69) is 31.8 Å². The molecule has 0 radical (unpaired) electrons. The molecule has 0 fully saturated rings. The van der Waals surface area contributed by atoms with E-state index in [1.54, 1.807) is 6.20 Å². The van der Waals surface area contributed by atoms with Crippen molar-refractivity contribution in [1.29, 1.82) is 0 Å². The first-order chi connectivity index (χ1) is 8.29. The number of anilines is 1. The Morgan fingerprint density at radius 3 is 3.24 bits per heavy atom. The number of nitrogens with zero attached hydrogens (tertiary/aromatic N) is 2. The molecule has 0 aliphatic carbocycles. The van der Waals surface area contributed by atoms with Crippen molar-refractivity contribution in [2.24, 2.45) is 5.73 Å². The lowest BCUT2D eigenvalue weighted by Gasteiger charge is -1.95.